The van der Waals surface area contributed by atoms with Gasteiger partial charge in [0.25, 0.3) is 5.91 Å². The summed E-state index contributed by atoms with van der Waals surface area (Å²) in [7, 11) is 0. The Morgan fingerprint density at radius 1 is 1.36 bits per heavy atom. The van der Waals surface area contributed by atoms with Crippen LogP contribution in [0.4, 0.5) is 0 Å². The number of nitrogens with zero attached hydrogens (tertiary/aromatic N) is 1. The van der Waals surface area contributed by atoms with Crippen LogP contribution < -0.4 is 5.32 Å². The molecule has 1 aromatic carbocycles. The molecule has 1 aliphatic carbocycles. The lowest BCUT2D eigenvalue weighted by Gasteiger charge is -2.14. The zero-order chi connectivity index (χ0) is 15.5. The number of halogens is 1. The van der Waals surface area contributed by atoms with E-state index in [9.17, 15) is 9.90 Å². The molecule has 0 saturated carbocycles. The second-order valence-electron chi connectivity index (χ2n) is 5.48. The summed E-state index contributed by atoms with van der Waals surface area (Å²) < 4.78 is 0. The molecule has 5 nitrogen and oxygen atoms in total. The minimum Gasteiger partial charge on any atom is -0.387 e. The van der Waals surface area contributed by atoms with Crippen molar-refractivity contribution in [2.45, 2.75) is 31.8 Å². The number of hydrogen-bond donors (Lipinski definition) is 3. The Balaban J connectivity index is 1.65. The smallest absolute Gasteiger partial charge is 0.272 e. The first-order valence-corrected chi connectivity index (χ1v) is 7.81. The molecule has 0 bridgehead atoms. The van der Waals surface area contributed by atoms with E-state index in [0.717, 1.165) is 36.9 Å². The van der Waals surface area contributed by atoms with Gasteiger partial charge in [-0.25, -0.2) is 0 Å². The van der Waals surface area contributed by atoms with Gasteiger partial charge in [0.15, 0.2) is 5.69 Å². The maximum absolute atomic E-state index is 12.3. The number of aliphatic hydroxyl groups excluding tert-OH is 1. The quantitative estimate of drug-likeness (QED) is 0.809. The Hall–Kier alpha value is -1.85. The maximum atomic E-state index is 12.3. The molecule has 6 heteroatoms. The molecular weight excluding hydrogens is 302 g/mol. The van der Waals surface area contributed by atoms with Crippen molar-refractivity contribution in [3.8, 4) is 0 Å². The lowest BCUT2D eigenvalue weighted by Crippen LogP contribution is -2.29. The minimum atomic E-state index is -0.840. The van der Waals surface area contributed by atoms with E-state index in [2.05, 4.69) is 15.5 Å². The van der Waals surface area contributed by atoms with Crippen LogP contribution in [0.25, 0.3) is 0 Å². The molecule has 1 unspecified atom stereocenters. The molecule has 1 aliphatic rings. The molecular formula is C16H18ClN3O2. The number of rotatable bonds is 4. The van der Waals surface area contributed by atoms with Crippen LogP contribution in [0.2, 0.25) is 5.02 Å². The fraction of sp³-hybridized carbons (Fsp3) is 0.375. The molecule has 0 radical (unpaired) electrons. The molecule has 1 aromatic heterocycles. The van der Waals surface area contributed by atoms with Crippen LogP contribution in [0.15, 0.2) is 24.3 Å². The van der Waals surface area contributed by atoms with Crippen LogP contribution in [-0.4, -0.2) is 27.8 Å². The summed E-state index contributed by atoms with van der Waals surface area (Å²) in [4.78, 5) is 12.3. The normalized spacial score (nSPS) is 15.2. The summed E-state index contributed by atoms with van der Waals surface area (Å²) in [6.07, 6.45) is 3.18. The average Bonchev–Trinajstić information content (AvgIpc) is 2.97. The predicted octanol–water partition coefficient (Wildman–Crippen LogP) is 2.41. The summed E-state index contributed by atoms with van der Waals surface area (Å²) in [5, 5.41) is 20.4. The van der Waals surface area contributed by atoms with E-state index in [-0.39, 0.29) is 12.5 Å². The molecule has 0 fully saturated rings. The van der Waals surface area contributed by atoms with Gasteiger partial charge in [0.1, 0.15) is 0 Å². The van der Waals surface area contributed by atoms with Crippen LogP contribution in [0.3, 0.4) is 0 Å². The van der Waals surface area contributed by atoms with E-state index in [4.69, 9.17) is 11.6 Å². The number of carbonyl (C=O) groups is 1. The summed E-state index contributed by atoms with van der Waals surface area (Å²) >= 11 is 6.04. The zero-order valence-electron chi connectivity index (χ0n) is 12.1. The van der Waals surface area contributed by atoms with E-state index in [1.54, 1.807) is 24.3 Å². The lowest BCUT2D eigenvalue weighted by molar-refractivity contribution is 0.0910. The Kier molecular flexibility index (Phi) is 4.45. The summed E-state index contributed by atoms with van der Waals surface area (Å²) in [5.74, 6) is -0.259. The number of aromatic amines is 1. The summed E-state index contributed by atoms with van der Waals surface area (Å²) in [6.45, 7) is 0.101. The van der Waals surface area contributed by atoms with Gasteiger partial charge in [0, 0.05) is 28.4 Å². The van der Waals surface area contributed by atoms with Crippen molar-refractivity contribution < 1.29 is 9.90 Å². The molecule has 2 aromatic rings. The van der Waals surface area contributed by atoms with Gasteiger partial charge in [-0.1, -0.05) is 29.8 Å². The molecule has 0 aliphatic heterocycles. The van der Waals surface area contributed by atoms with Crippen LogP contribution in [0, 0.1) is 0 Å². The van der Waals surface area contributed by atoms with E-state index in [0.29, 0.717) is 16.3 Å². The van der Waals surface area contributed by atoms with Crippen molar-refractivity contribution in [2.24, 2.45) is 0 Å². The number of fused-ring (bicyclic) bond motifs is 1. The molecule has 3 rings (SSSR count). The third-order valence-corrected chi connectivity index (χ3v) is 4.34. The summed E-state index contributed by atoms with van der Waals surface area (Å²) in [6, 6.07) is 7.06. The second kappa shape index (κ2) is 6.50. The second-order valence-corrected chi connectivity index (χ2v) is 5.89. The van der Waals surface area contributed by atoms with Gasteiger partial charge in [-0.15, -0.1) is 0 Å². The molecule has 116 valence electrons. The molecule has 1 amide bonds. The number of aryl methyl sites for hydroxylation is 1. The van der Waals surface area contributed by atoms with Crippen LogP contribution in [0.5, 0.6) is 0 Å². The van der Waals surface area contributed by atoms with Gasteiger partial charge in [-0.3, -0.25) is 9.89 Å². The molecule has 0 spiro atoms. The van der Waals surface area contributed by atoms with Crippen molar-refractivity contribution in [1.29, 1.82) is 0 Å². The molecule has 0 saturated heterocycles. The average molecular weight is 320 g/mol. The molecule has 3 N–H and O–H groups in total. The SMILES string of the molecule is O=C(NCC(O)c1ccccc1Cl)c1n[nH]c2c1CCCC2. The number of H-pyrrole nitrogens is 1. The van der Waals surface area contributed by atoms with Crippen LogP contribution in [0.1, 0.15) is 46.3 Å². The van der Waals surface area contributed by atoms with Gasteiger partial charge >= 0.3 is 0 Å². The highest BCUT2D eigenvalue weighted by molar-refractivity contribution is 6.31. The highest BCUT2D eigenvalue weighted by atomic mass is 35.5. The monoisotopic (exact) mass is 319 g/mol. The van der Waals surface area contributed by atoms with Crippen molar-refractivity contribution >= 4 is 17.5 Å². The van der Waals surface area contributed by atoms with Gasteiger partial charge in [0.2, 0.25) is 0 Å². The Bertz CT molecular complexity index is 684. The zero-order valence-corrected chi connectivity index (χ0v) is 12.9. The first-order chi connectivity index (χ1) is 10.7. The lowest BCUT2D eigenvalue weighted by atomic mass is 9.96. The number of hydrogen-bond acceptors (Lipinski definition) is 3. The van der Waals surface area contributed by atoms with Crippen molar-refractivity contribution in [3.63, 3.8) is 0 Å². The third-order valence-electron chi connectivity index (χ3n) is 3.99. The van der Waals surface area contributed by atoms with E-state index in [1.807, 2.05) is 0 Å². The Labute approximate surface area is 133 Å². The first kappa shape index (κ1) is 15.1. The number of aliphatic hydroxyl groups is 1. The number of amides is 1. The summed E-state index contributed by atoms with van der Waals surface area (Å²) in [5.41, 5.74) is 3.12. The number of benzene rings is 1. The van der Waals surface area contributed by atoms with Crippen molar-refractivity contribution in [1.82, 2.24) is 15.5 Å². The number of nitrogens with one attached hydrogen (secondary N) is 2. The van der Waals surface area contributed by atoms with Crippen LogP contribution in [-0.2, 0) is 12.8 Å². The standard InChI is InChI=1S/C16H18ClN3O2/c17-12-7-3-1-5-10(12)14(21)9-18-16(22)15-11-6-2-4-8-13(11)19-20-15/h1,3,5,7,14,21H,2,4,6,8-9H2,(H,18,22)(H,19,20). The first-order valence-electron chi connectivity index (χ1n) is 7.43. The van der Waals surface area contributed by atoms with E-state index < -0.39 is 6.10 Å². The third kappa shape index (κ3) is 3.00. The van der Waals surface area contributed by atoms with E-state index in [1.165, 1.54) is 0 Å². The highest BCUT2D eigenvalue weighted by Crippen LogP contribution is 2.23. The molecule has 1 atom stereocenters. The van der Waals surface area contributed by atoms with Crippen molar-refractivity contribution in [2.75, 3.05) is 6.54 Å². The van der Waals surface area contributed by atoms with E-state index >= 15 is 0 Å². The Morgan fingerprint density at radius 3 is 2.95 bits per heavy atom. The van der Waals surface area contributed by atoms with Crippen LogP contribution >= 0.6 is 11.6 Å². The van der Waals surface area contributed by atoms with Gasteiger partial charge in [0.05, 0.1) is 6.10 Å². The Morgan fingerprint density at radius 2 is 2.14 bits per heavy atom. The van der Waals surface area contributed by atoms with Gasteiger partial charge in [-0.05, 0) is 31.7 Å². The fourth-order valence-electron chi connectivity index (χ4n) is 2.80. The highest BCUT2D eigenvalue weighted by Gasteiger charge is 2.22. The van der Waals surface area contributed by atoms with Gasteiger partial charge < -0.3 is 10.4 Å². The van der Waals surface area contributed by atoms with Gasteiger partial charge in [-0.2, -0.15) is 5.10 Å². The van der Waals surface area contributed by atoms with Crippen molar-refractivity contribution in [3.05, 3.63) is 51.8 Å². The fourth-order valence-corrected chi connectivity index (χ4v) is 3.06. The predicted molar refractivity (Wildman–Crippen MR) is 84.0 cm³/mol. The minimum absolute atomic E-state index is 0.101. The molecule has 22 heavy (non-hydrogen) atoms. The largest absolute Gasteiger partial charge is 0.387 e. The number of aromatic nitrogens is 2. The molecule has 1 heterocycles. The maximum Gasteiger partial charge on any atom is 0.272 e. The number of carbonyl (C=O) groups excluding carboxylic acids is 1. The topological polar surface area (TPSA) is 78.0 Å².